The molecule has 0 bridgehead atoms. The Hall–Kier alpha value is -0.810. The van der Waals surface area contributed by atoms with Crippen molar-refractivity contribution in [2.75, 3.05) is 5.32 Å². The summed E-state index contributed by atoms with van der Waals surface area (Å²) in [7, 11) is 0. The number of halogens is 3. The zero-order valence-electron chi connectivity index (χ0n) is 10.3. The molecule has 0 unspecified atom stereocenters. The van der Waals surface area contributed by atoms with Gasteiger partial charge in [-0.15, -0.1) is 0 Å². The van der Waals surface area contributed by atoms with Crippen LogP contribution in [-0.2, 0) is 6.54 Å². The van der Waals surface area contributed by atoms with Gasteiger partial charge in [0.1, 0.15) is 0 Å². The molecule has 2 nitrogen and oxygen atoms in total. The second-order valence-corrected chi connectivity index (χ2v) is 6.23. The van der Waals surface area contributed by atoms with Crippen LogP contribution in [0, 0.1) is 0 Å². The molecule has 6 heteroatoms. The van der Waals surface area contributed by atoms with Crippen LogP contribution in [0.1, 0.15) is 5.56 Å². The summed E-state index contributed by atoms with van der Waals surface area (Å²) in [5, 5.41) is 7.98. The zero-order valence-corrected chi connectivity index (χ0v) is 14.2. The maximum absolute atomic E-state index is 6.11. The molecule has 2 aromatic rings. The van der Waals surface area contributed by atoms with Gasteiger partial charge in [-0.05, 0) is 48.1 Å². The van der Waals surface area contributed by atoms with E-state index >= 15 is 0 Å². The molecule has 2 rings (SSSR count). The van der Waals surface area contributed by atoms with Gasteiger partial charge in [0.25, 0.3) is 0 Å². The van der Waals surface area contributed by atoms with Crippen LogP contribution in [0.2, 0.25) is 10.0 Å². The van der Waals surface area contributed by atoms with Gasteiger partial charge in [0.15, 0.2) is 5.11 Å². The van der Waals surface area contributed by atoms with Crippen molar-refractivity contribution in [1.29, 1.82) is 0 Å². The third-order valence-electron chi connectivity index (χ3n) is 2.52. The summed E-state index contributed by atoms with van der Waals surface area (Å²) < 4.78 is 0.922. The van der Waals surface area contributed by atoms with Crippen LogP contribution < -0.4 is 10.6 Å². The molecule has 0 spiro atoms. The minimum Gasteiger partial charge on any atom is -0.358 e. The summed E-state index contributed by atoms with van der Waals surface area (Å²) in [6, 6.07) is 13.2. The van der Waals surface area contributed by atoms with Gasteiger partial charge in [-0.25, -0.2) is 0 Å². The molecule has 0 aromatic heterocycles. The number of nitrogens with one attached hydrogen (secondary N) is 2. The van der Waals surface area contributed by atoms with E-state index in [0.29, 0.717) is 21.7 Å². The quantitative estimate of drug-likeness (QED) is 0.701. The first-order valence-electron chi connectivity index (χ1n) is 5.79. The van der Waals surface area contributed by atoms with Crippen LogP contribution in [0.4, 0.5) is 5.69 Å². The molecule has 0 aliphatic heterocycles. The standard InChI is InChI=1S/C14H11BrCl2N2S/c15-10-4-5-13(12(17)7-10)19-14(20)18-8-9-2-1-3-11(16)6-9/h1-7H,8H2,(H2,18,19,20). The van der Waals surface area contributed by atoms with Crippen LogP contribution in [0.25, 0.3) is 0 Å². The molecule has 0 amide bonds. The van der Waals surface area contributed by atoms with Gasteiger partial charge in [0, 0.05) is 16.0 Å². The van der Waals surface area contributed by atoms with Gasteiger partial charge in [0.05, 0.1) is 10.7 Å². The maximum Gasteiger partial charge on any atom is 0.171 e. The fourth-order valence-corrected chi connectivity index (χ4v) is 2.70. The average Bonchev–Trinajstić information content (AvgIpc) is 2.40. The molecule has 0 radical (unpaired) electrons. The summed E-state index contributed by atoms with van der Waals surface area (Å²) in [5.74, 6) is 0. The summed E-state index contributed by atoms with van der Waals surface area (Å²) in [6.45, 7) is 0.598. The summed E-state index contributed by atoms with van der Waals surface area (Å²) >= 11 is 20.6. The molecule has 104 valence electrons. The minimum atomic E-state index is 0.509. The molecule has 2 aromatic carbocycles. The Bertz CT molecular complexity index is 634. The van der Waals surface area contributed by atoms with Crippen LogP contribution in [0.15, 0.2) is 46.9 Å². The molecule has 0 atom stereocenters. The van der Waals surface area contributed by atoms with Crippen molar-refractivity contribution in [1.82, 2.24) is 5.32 Å². The first-order chi connectivity index (χ1) is 9.54. The lowest BCUT2D eigenvalue weighted by molar-refractivity contribution is 0.926. The Morgan fingerprint density at radius 3 is 2.65 bits per heavy atom. The van der Waals surface area contributed by atoms with E-state index < -0.39 is 0 Å². The lowest BCUT2D eigenvalue weighted by atomic mass is 10.2. The number of hydrogen-bond acceptors (Lipinski definition) is 1. The number of thiocarbonyl (C=S) groups is 1. The fraction of sp³-hybridized carbons (Fsp3) is 0.0714. The van der Waals surface area contributed by atoms with Gasteiger partial charge in [-0.2, -0.15) is 0 Å². The number of hydrogen-bond donors (Lipinski definition) is 2. The highest BCUT2D eigenvalue weighted by atomic mass is 79.9. The van der Waals surface area contributed by atoms with Crippen LogP contribution in [-0.4, -0.2) is 5.11 Å². The van der Waals surface area contributed by atoms with Crippen molar-refractivity contribution < 1.29 is 0 Å². The van der Waals surface area contributed by atoms with E-state index in [4.69, 9.17) is 35.4 Å². The lowest BCUT2D eigenvalue weighted by Crippen LogP contribution is -2.27. The highest BCUT2D eigenvalue weighted by Crippen LogP contribution is 2.25. The van der Waals surface area contributed by atoms with Gasteiger partial charge in [0.2, 0.25) is 0 Å². The van der Waals surface area contributed by atoms with Gasteiger partial charge in [-0.1, -0.05) is 51.3 Å². The first-order valence-corrected chi connectivity index (χ1v) is 7.74. The van der Waals surface area contributed by atoms with Crippen molar-refractivity contribution in [2.45, 2.75) is 6.54 Å². The fourth-order valence-electron chi connectivity index (χ4n) is 1.59. The van der Waals surface area contributed by atoms with E-state index in [0.717, 1.165) is 15.7 Å². The van der Waals surface area contributed by atoms with Crippen molar-refractivity contribution in [3.63, 3.8) is 0 Å². The van der Waals surface area contributed by atoms with Crippen molar-refractivity contribution in [2.24, 2.45) is 0 Å². The van der Waals surface area contributed by atoms with Gasteiger partial charge in [-0.3, -0.25) is 0 Å². The lowest BCUT2D eigenvalue weighted by Gasteiger charge is -2.12. The van der Waals surface area contributed by atoms with E-state index in [2.05, 4.69) is 26.6 Å². The topological polar surface area (TPSA) is 24.1 Å². The molecule has 0 aliphatic carbocycles. The zero-order chi connectivity index (χ0) is 14.5. The third-order valence-corrected chi connectivity index (χ3v) is 3.81. The van der Waals surface area contributed by atoms with Gasteiger partial charge < -0.3 is 10.6 Å². The summed E-state index contributed by atoms with van der Waals surface area (Å²) in [5.41, 5.74) is 1.82. The molecule has 0 saturated heterocycles. The molecular weight excluding hydrogens is 379 g/mol. The van der Waals surface area contributed by atoms with Crippen LogP contribution >= 0.6 is 51.3 Å². The highest BCUT2D eigenvalue weighted by molar-refractivity contribution is 9.10. The van der Waals surface area contributed by atoms with E-state index in [1.165, 1.54) is 0 Å². The largest absolute Gasteiger partial charge is 0.358 e. The van der Waals surface area contributed by atoms with E-state index in [9.17, 15) is 0 Å². The van der Waals surface area contributed by atoms with E-state index in [1.54, 1.807) is 0 Å². The highest BCUT2D eigenvalue weighted by Gasteiger charge is 2.03. The van der Waals surface area contributed by atoms with Gasteiger partial charge >= 0.3 is 0 Å². The monoisotopic (exact) mass is 388 g/mol. The number of anilines is 1. The van der Waals surface area contributed by atoms with Crippen molar-refractivity contribution in [3.8, 4) is 0 Å². The second kappa shape index (κ2) is 7.27. The molecule has 0 fully saturated rings. The Morgan fingerprint density at radius 1 is 1.15 bits per heavy atom. The maximum atomic E-state index is 6.11. The number of rotatable bonds is 3. The molecular formula is C14H11BrCl2N2S. The minimum absolute atomic E-state index is 0.509. The summed E-state index contributed by atoms with van der Waals surface area (Å²) in [6.07, 6.45) is 0. The van der Waals surface area contributed by atoms with E-state index in [1.807, 2.05) is 42.5 Å². The van der Waals surface area contributed by atoms with Crippen molar-refractivity contribution >= 4 is 62.1 Å². The molecule has 0 saturated carbocycles. The number of benzene rings is 2. The van der Waals surface area contributed by atoms with Crippen LogP contribution in [0.3, 0.4) is 0 Å². The smallest absolute Gasteiger partial charge is 0.171 e. The molecule has 20 heavy (non-hydrogen) atoms. The summed E-state index contributed by atoms with van der Waals surface area (Å²) in [4.78, 5) is 0. The SMILES string of the molecule is S=C(NCc1cccc(Cl)c1)Nc1ccc(Br)cc1Cl. The predicted molar refractivity (Wildman–Crippen MR) is 93.7 cm³/mol. The normalized spacial score (nSPS) is 10.2. The second-order valence-electron chi connectivity index (χ2n) is 4.06. The Morgan fingerprint density at radius 2 is 1.95 bits per heavy atom. The Kier molecular flexibility index (Phi) is 5.66. The molecule has 2 N–H and O–H groups in total. The molecule has 0 heterocycles. The third kappa shape index (κ3) is 4.63. The predicted octanol–water partition coefficient (Wildman–Crippen LogP) is 5.24. The average molecular weight is 390 g/mol. The Balaban J connectivity index is 1.92. The van der Waals surface area contributed by atoms with Crippen molar-refractivity contribution in [3.05, 3.63) is 62.5 Å². The van der Waals surface area contributed by atoms with E-state index in [-0.39, 0.29) is 0 Å². The first kappa shape index (κ1) is 15.6. The molecule has 0 aliphatic rings. The Labute approximate surface area is 141 Å². The van der Waals surface area contributed by atoms with Crippen LogP contribution in [0.5, 0.6) is 0 Å².